The van der Waals surface area contributed by atoms with E-state index in [1.807, 2.05) is 23.6 Å². The van der Waals surface area contributed by atoms with Crippen molar-refractivity contribution in [3.63, 3.8) is 0 Å². The molecule has 0 aliphatic rings. The number of halogens is 1. The molecule has 0 aliphatic heterocycles. The Morgan fingerprint density at radius 2 is 1.88 bits per heavy atom. The van der Waals surface area contributed by atoms with Gasteiger partial charge >= 0.3 is 0 Å². The minimum atomic E-state index is -0.0157. The Balaban J connectivity index is 1.99. The number of nitrogens with zero attached hydrogens (tertiary/aromatic N) is 3. The average Bonchev–Trinajstić information content (AvgIpc) is 3.12. The van der Waals surface area contributed by atoms with E-state index in [1.54, 1.807) is 28.5 Å². The van der Waals surface area contributed by atoms with Gasteiger partial charge in [-0.2, -0.15) is 0 Å². The van der Waals surface area contributed by atoms with E-state index in [1.165, 1.54) is 11.3 Å². The minimum absolute atomic E-state index is 0.0157. The molecule has 0 atom stereocenters. The summed E-state index contributed by atoms with van der Waals surface area (Å²) in [5.41, 5.74) is 1.56. The molecule has 0 N–H and O–H groups in total. The van der Waals surface area contributed by atoms with Crippen LogP contribution in [-0.4, -0.2) is 46.5 Å². The molecule has 4 nitrogen and oxygen atoms in total. The molecule has 7 heteroatoms. The predicted octanol–water partition coefficient (Wildman–Crippen LogP) is 4.68. The van der Waals surface area contributed by atoms with Crippen LogP contribution >= 0.6 is 34.7 Å². The number of thioether (sulfide) groups is 1. The topological polar surface area (TPSA) is 34.9 Å². The van der Waals surface area contributed by atoms with Gasteiger partial charge in [0.25, 0.3) is 5.56 Å². The van der Waals surface area contributed by atoms with Gasteiger partial charge < -0.3 is 4.48 Å². The normalized spacial score (nSPS) is 12.0. The van der Waals surface area contributed by atoms with Crippen LogP contribution in [0, 0.1) is 0 Å². The third-order valence-electron chi connectivity index (χ3n) is 4.92. The van der Waals surface area contributed by atoms with Crippen molar-refractivity contribution in [1.29, 1.82) is 0 Å². The van der Waals surface area contributed by atoms with Gasteiger partial charge in [-0.3, -0.25) is 9.36 Å². The molecule has 26 heavy (non-hydrogen) atoms. The number of hydrogen-bond acceptors (Lipinski definition) is 4. The van der Waals surface area contributed by atoms with Gasteiger partial charge in [0.2, 0.25) is 0 Å². The first-order valence-corrected chi connectivity index (χ1v) is 10.9. The molecule has 0 saturated heterocycles. The van der Waals surface area contributed by atoms with Crippen LogP contribution in [0.2, 0.25) is 5.02 Å². The van der Waals surface area contributed by atoms with Gasteiger partial charge in [0, 0.05) is 5.02 Å². The molecule has 138 valence electrons. The summed E-state index contributed by atoms with van der Waals surface area (Å²) in [7, 11) is 2.27. The van der Waals surface area contributed by atoms with Gasteiger partial charge in [0.15, 0.2) is 5.16 Å². The monoisotopic (exact) mass is 408 g/mol. The smallest absolute Gasteiger partial charge is 0.276 e. The molecule has 0 spiro atoms. The van der Waals surface area contributed by atoms with E-state index in [9.17, 15) is 4.79 Å². The lowest BCUT2D eigenvalue weighted by Crippen LogP contribution is -2.45. The molecule has 0 saturated carbocycles. The molecule has 2 aromatic heterocycles. The van der Waals surface area contributed by atoms with Crippen LogP contribution in [0.5, 0.6) is 0 Å². The number of aromatic nitrogens is 2. The van der Waals surface area contributed by atoms with Crippen molar-refractivity contribution in [3.05, 3.63) is 51.1 Å². The van der Waals surface area contributed by atoms with Crippen LogP contribution in [0.25, 0.3) is 15.9 Å². The molecule has 0 aliphatic carbocycles. The first kappa shape index (κ1) is 19.4. The Hall–Kier alpha value is -1.34. The molecule has 0 radical (unpaired) electrons. The van der Waals surface area contributed by atoms with Crippen LogP contribution in [0.4, 0.5) is 0 Å². The fraction of sp³-hybridized carbons (Fsp3) is 0.368. The molecule has 0 unspecified atom stereocenters. The highest BCUT2D eigenvalue weighted by Crippen LogP contribution is 2.24. The van der Waals surface area contributed by atoms with Crippen molar-refractivity contribution in [2.24, 2.45) is 0 Å². The summed E-state index contributed by atoms with van der Waals surface area (Å²) in [6.45, 7) is 7.66. The van der Waals surface area contributed by atoms with Crippen LogP contribution in [0.3, 0.4) is 0 Å². The molecule has 3 aromatic rings. The third-order valence-corrected chi connectivity index (χ3v) is 6.99. The summed E-state index contributed by atoms with van der Waals surface area (Å²) >= 11 is 9.09. The largest absolute Gasteiger partial charge is 0.326 e. The summed E-state index contributed by atoms with van der Waals surface area (Å²) < 4.78 is 3.41. The highest BCUT2D eigenvalue weighted by molar-refractivity contribution is 7.99. The predicted molar refractivity (Wildman–Crippen MR) is 113 cm³/mol. The zero-order valence-corrected chi connectivity index (χ0v) is 17.6. The van der Waals surface area contributed by atoms with Crippen molar-refractivity contribution >= 4 is 44.9 Å². The molecule has 0 fully saturated rings. The van der Waals surface area contributed by atoms with Crippen molar-refractivity contribution in [2.45, 2.75) is 19.0 Å². The van der Waals surface area contributed by atoms with Gasteiger partial charge in [-0.15, -0.1) is 11.3 Å². The van der Waals surface area contributed by atoms with Crippen LogP contribution in [-0.2, 0) is 0 Å². The SMILES string of the molecule is CC[N+](C)(CC)CCSc1nc2ccsc2c(=O)n1-c1ccc(Cl)cc1. The van der Waals surface area contributed by atoms with E-state index >= 15 is 0 Å². The van der Waals surface area contributed by atoms with Crippen molar-refractivity contribution in [2.75, 3.05) is 32.4 Å². The highest BCUT2D eigenvalue weighted by Gasteiger charge is 2.18. The number of quaternary nitrogens is 1. The lowest BCUT2D eigenvalue weighted by atomic mass is 10.3. The average molecular weight is 409 g/mol. The lowest BCUT2D eigenvalue weighted by molar-refractivity contribution is -0.903. The molecular formula is C19H23ClN3OS2+. The molecule has 1 aromatic carbocycles. The van der Waals surface area contributed by atoms with E-state index in [4.69, 9.17) is 16.6 Å². The maximum Gasteiger partial charge on any atom is 0.276 e. The van der Waals surface area contributed by atoms with Gasteiger partial charge in [0.05, 0.1) is 43.6 Å². The van der Waals surface area contributed by atoms with Gasteiger partial charge in [-0.1, -0.05) is 23.4 Å². The fourth-order valence-electron chi connectivity index (χ4n) is 2.70. The van der Waals surface area contributed by atoms with Crippen molar-refractivity contribution in [3.8, 4) is 5.69 Å². The first-order valence-electron chi connectivity index (χ1n) is 8.70. The maximum absolute atomic E-state index is 13.1. The second-order valence-corrected chi connectivity index (χ2v) is 8.88. The summed E-state index contributed by atoms with van der Waals surface area (Å²) in [5.74, 6) is 0.911. The molecule has 2 heterocycles. The quantitative estimate of drug-likeness (QED) is 0.323. The van der Waals surface area contributed by atoms with Crippen LogP contribution in [0.15, 0.2) is 45.7 Å². The third kappa shape index (κ3) is 3.98. The number of benzene rings is 1. The Labute approximate surface area is 167 Å². The Morgan fingerprint density at radius 3 is 2.54 bits per heavy atom. The van der Waals surface area contributed by atoms with Gasteiger partial charge in [0.1, 0.15) is 4.70 Å². The highest BCUT2D eigenvalue weighted by atomic mass is 35.5. The summed E-state index contributed by atoms with van der Waals surface area (Å²) in [6.07, 6.45) is 0. The standard InChI is InChI=1S/C19H23ClN3OS2/c1-4-23(3,5-2)11-13-26-19-21-16-10-12-25-17(16)18(24)22(19)15-8-6-14(20)7-9-15/h6-10,12H,4-5,11,13H2,1-3H3/q+1. The van der Waals surface area contributed by atoms with Crippen LogP contribution < -0.4 is 5.56 Å². The number of hydrogen-bond donors (Lipinski definition) is 0. The second-order valence-electron chi connectivity index (χ2n) is 6.47. The number of thiophene rings is 1. The summed E-state index contributed by atoms with van der Waals surface area (Å²) in [6, 6.07) is 9.26. The van der Waals surface area contributed by atoms with Crippen molar-refractivity contribution < 1.29 is 4.48 Å². The van der Waals surface area contributed by atoms with E-state index in [2.05, 4.69) is 20.9 Å². The Bertz CT molecular complexity index is 946. The van der Waals surface area contributed by atoms with Gasteiger partial charge in [-0.05, 0) is 49.6 Å². The summed E-state index contributed by atoms with van der Waals surface area (Å²) in [4.78, 5) is 17.8. The molecular weight excluding hydrogens is 386 g/mol. The van der Waals surface area contributed by atoms with E-state index in [0.29, 0.717) is 9.72 Å². The molecule has 0 bridgehead atoms. The lowest BCUT2D eigenvalue weighted by Gasteiger charge is -2.31. The Kier molecular flexibility index (Phi) is 6.07. The van der Waals surface area contributed by atoms with E-state index < -0.39 is 0 Å². The molecule has 3 rings (SSSR count). The van der Waals surface area contributed by atoms with Crippen molar-refractivity contribution in [1.82, 2.24) is 9.55 Å². The fourth-order valence-corrected chi connectivity index (χ4v) is 4.78. The Morgan fingerprint density at radius 1 is 1.19 bits per heavy atom. The molecule has 0 amide bonds. The zero-order valence-electron chi connectivity index (χ0n) is 15.2. The number of rotatable bonds is 7. The maximum atomic E-state index is 13.1. The van der Waals surface area contributed by atoms with Crippen LogP contribution in [0.1, 0.15) is 13.8 Å². The van der Waals surface area contributed by atoms with E-state index in [-0.39, 0.29) is 5.56 Å². The second kappa shape index (κ2) is 8.13. The first-order chi connectivity index (χ1) is 12.5. The number of fused-ring (bicyclic) bond motifs is 1. The minimum Gasteiger partial charge on any atom is -0.326 e. The summed E-state index contributed by atoms with van der Waals surface area (Å²) in [5, 5.41) is 3.31. The zero-order chi connectivity index (χ0) is 18.7. The van der Waals surface area contributed by atoms with Gasteiger partial charge in [-0.25, -0.2) is 4.98 Å². The van der Waals surface area contributed by atoms with E-state index in [0.717, 1.165) is 46.2 Å².